The van der Waals surface area contributed by atoms with Crippen molar-refractivity contribution >= 4 is 6.09 Å². The van der Waals surface area contributed by atoms with E-state index in [9.17, 15) is 9.90 Å². The summed E-state index contributed by atoms with van der Waals surface area (Å²) in [6.07, 6.45) is 1.15. The number of piperidine rings is 3. The van der Waals surface area contributed by atoms with E-state index in [1.807, 2.05) is 54.6 Å². The second-order valence-electron chi connectivity index (χ2n) is 8.17. The first-order valence-corrected chi connectivity index (χ1v) is 10.2. The van der Waals surface area contributed by atoms with Gasteiger partial charge in [0.2, 0.25) is 0 Å². The molecule has 3 atom stereocenters. The number of carbonyl (C=O) groups excluding carboxylic acids is 1. The summed E-state index contributed by atoms with van der Waals surface area (Å²) < 4.78 is 6.01. The Morgan fingerprint density at radius 2 is 1.61 bits per heavy atom. The maximum atomic E-state index is 13.3. The first-order chi connectivity index (χ1) is 13.7. The van der Waals surface area contributed by atoms with Crippen LogP contribution >= 0.6 is 0 Å². The topological polar surface area (TPSA) is 53.0 Å². The second-order valence-corrected chi connectivity index (χ2v) is 8.17. The van der Waals surface area contributed by atoms with Gasteiger partial charge in [0.15, 0.2) is 0 Å². The molecular formula is C23H26N2O3. The van der Waals surface area contributed by atoms with E-state index in [4.69, 9.17) is 4.74 Å². The first-order valence-electron chi connectivity index (χ1n) is 10.2. The van der Waals surface area contributed by atoms with E-state index in [0.717, 1.165) is 49.2 Å². The Hall–Kier alpha value is -2.37. The van der Waals surface area contributed by atoms with Crippen LogP contribution in [0.25, 0.3) is 0 Å². The lowest BCUT2D eigenvalue weighted by Gasteiger charge is -2.45. The van der Waals surface area contributed by atoms with Gasteiger partial charge < -0.3 is 9.84 Å². The average Bonchev–Trinajstić information content (AvgIpc) is 2.75. The van der Waals surface area contributed by atoms with Crippen LogP contribution in [0.5, 0.6) is 0 Å². The Bertz CT molecular complexity index is 848. The van der Waals surface area contributed by atoms with Gasteiger partial charge in [-0.25, -0.2) is 4.79 Å². The van der Waals surface area contributed by atoms with E-state index in [1.54, 1.807) is 4.90 Å². The lowest BCUT2D eigenvalue weighted by molar-refractivity contribution is -0.0506. The van der Waals surface area contributed by atoms with E-state index < -0.39 is 6.10 Å². The fourth-order valence-electron chi connectivity index (χ4n) is 5.04. The van der Waals surface area contributed by atoms with Gasteiger partial charge in [-0.1, -0.05) is 54.6 Å². The predicted octanol–water partition coefficient (Wildman–Crippen LogP) is 3.36. The van der Waals surface area contributed by atoms with E-state index >= 15 is 0 Å². The van der Waals surface area contributed by atoms with Crippen molar-refractivity contribution in [1.29, 1.82) is 0 Å². The molecule has 0 unspecified atom stereocenters. The minimum atomic E-state index is -0.699. The third-order valence-corrected chi connectivity index (χ3v) is 6.53. The van der Waals surface area contributed by atoms with Gasteiger partial charge in [0.05, 0.1) is 18.7 Å². The zero-order chi connectivity index (χ0) is 19.1. The van der Waals surface area contributed by atoms with Crippen molar-refractivity contribution in [1.82, 2.24) is 9.80 Å². The van der Waals surface area contributed by atoms with Crippen molar-refractivity contribution in [2.75, 3.05) is 26.2 Å². The second kappa shape index (κ2) is 7.22. The zero-order valence-electron chi connectivity index (χ0n) is 15.9. The lowest BCUT2D eigenvalue weighted by Crippen LogP contribution is -2.53. The molecule has 2 bridgehead atoms. The molecule has 3 fully saturated rings. The van der Waals surface area contributed by atoms with Gasteiger partial charge in [-0.05, 0) is 48.5 Å². The molecule has 5 nitrogen and oxygen atoms in total. The molecule has 0 spiro atoms. The molecular weight excluding hydrogens is 352 g/mol. The van der Waals surface area contributed by atoms with Crippen molar-refractivity contribution in [3.63, 3.8) is 0 Å². The molecule has 5 heteroatoms. The maximum absolute atomic E-state index is 13.3. The molecule has 0 aromatic heterocycles. The highest BCUT2D eigenvalue weighted by atomic mass is 16.6. The quantitative estimate of drug-likeness (QED) is 0.871. The molecule has 0 radical (unpaired) electrons. The Labute approximate surface area is 165 Å². The van der Waals surface area contributed by atoms with Crippen molar-refractivity contribution < 1.29 is 14.6 Å². The molecule has 2 aromatic carbocycles. The summed E-state index contributed by atoms with van der Waals surface area (Å²) in [6.45, 7) is 3.30. The smallest absolute Gasteiger partial charge is 0.410 e. The van der Waals surface area contributed by atoms with Crippen LogP contribution in [0.15, 0.2) is 54.6 Å². The van der Waals surface area contributed by atoms with Gasteiger partial charge in [-0.2, -0.15) is 0 Å². The molecule has 0 saturated carbocycles. The van der Waals surface area contributed by atoms with Crippen LogP contribution in [0.1, 0.15) is 41.7 Å². The van der Waals surface area contributed by atoms with Crippen molar-refractivity contribution in [3.05, 3.63) is 71.3 Å². The molecule has 3 saturated heterocycles. The number of rotatable bonds is 2. The summed E-state index contributed by atoms with van der Waals surface area (Å²) in [6, 6.07) is 17.6. The number of fused-ring (bicyclic) bond motifs is 4. The molecule has 4 heterocycles. The number of aliphatic hydroxyl groups excluding tert-OH is 1. The standard InChI is InChI=1S/C23H26N2O3/c26-20-14-25(23(27)28-21-15-24-12-10-16(21)11-13-24)22(17-6-2-1-3-7-17)19-9-5-4-8-18(19)20/h1-9,16,20-22,26H,10-15H2/t20-,21+,22-/m0/s1. The van der Waals surface area contributed by atoms with Gasteiger partial charge >= 0.3 is 6.09 Å². The number of ether oxygens (including phenoxy) is 1. The summed E-state index contributed by atoms with van der Waals surface area (Å²) in [5.41, 5.74) is 2.90. The normalized spacial score (nSPS) is 31.3. The van der Waals surface area contributed by atoms with Crippen molar-refractivity contribution in [2.24, 2.45) is 5.92 Å². The summed E-state index contributed by atoms with van der Waals surface area (Å²) >= 11 is 0. The third kappa shape index (κ3) is 3.09. The van der Waals surface area contributed by atoms with Crippen molar-refractivity contribution in [3.8, 4) is 0 Å². The Morgan fingerprint density at radius 3 is 2.29 bits per heavy atom. The zero-order valence-corrected chi connectivity index (χ0v) is 15.9. The molecule has 0 aliphatic carbocycles. The number of aliphatic hydroxyl groups is 1. The van der Waals surface area contributed by atoms with Crippen LogP contribution in [-0.4, -0.2) is 53.3 Å². The van der Waals surface area contributed by atoms with Gasteiger partial charge in [-0.15, -0.1) is 0 Å². The molecule has 1 amide bonds. The SMILES string of the molecule is O=C(O[C@@H]1CN2CCC1CC2)N1C[C@H](O)c2ccccc2[C@@H]1c1ccccc1. The van der Waals surface area contributed by atoms with Crippen LogP contribution in [0.2, 0.25) is 0 Å². The molecule has 4 aliphatic heterocycles. The fraction of sp³-hybridized carbons (Fsp3) is 0.435. The first kappa shape index (κ1) is 17.7. The van der Waals surface area contributed by atoms with Gasteiger partial charge in [-0.3, -0.25) is 9.80 Å². The number of nitrogens with zero attached hydrogens (tertiary/aromatic N) is 2. The Balaban J connectivity index is 1.46. The molecule has 146 valence electrons. The highest BCUT2D eigenvalue weighted by Crippen LogP contribution is 2.40. The van der Waals surface area contributed by atoms with Gasteiger partial charge in [0.25, 0.3) is 0 Å². The van der Waals surface area contributed by atoms with Crippen LogP contribution in [-0.2, 0) is 4.74 Å². The number of amides is 1. The van der Waals surface area contributed by atoms with E-state index in [0.29, 0.717) is 5.92 Å². The van der Waals surface area contributed by atoms with Crippen LogP contribution in [0.3, 0.4) is 0 Å². The van der Waals surface area contributed by atoms with Gasteiger partial charge in [0.1, 0.15) is 6.10 Å². The third-order valence-electron chi connectivity index (χ3n) is 6.53. The van der Waals surface area contributed by atoms with Crippen LogP contribution in [0, 0.1) is 5.92 Å². The minimum Gasteiger partial charge on any atom is -0.444 e. The van der Waals surface area contributed by atoms with Crippen molar-refractivity contribution in [2.45, 2.75) is 31.1 Å². The number of benzene rings is 2. The van der Waals surface area contributed by atoms with E-state index in [1.165, 1.54) is 0 Å². The molecule has 6 rings (SSSR count). The number of carbonyl (C=O) groups is 1. The summed E-state index contributed by atoms with van der Waals surface area (Å²) in [4.78, 5) is 17.3. The summed E-state index contributed by atoms with van der Waals surface area (Å²) in [5.74, 6) is 0.464. The predicted molar refractivity (Wildman–Crippen MR) is 106 cm³/mol. The minimum absolute atomic E-state index is 0.0410. The van der Waals surface area contributed by atoms with E-state index in [-0.39, 0.29) is 24.8 Å². The lowest BCUT2D eigenvalue weighted by atomic mass is 9.85. The number of hydrogen-bond acceptors (Lipinski definition) is 4. The fourth-order valence-corrected chi connectivity index (χ4v) is 5.04. The summed E-state index contributed by atoms with van der Waals surface area (Å²) in [5, 5.41) is 10.7. The molecule has 2 aromatic rings. The summed E-state index contributed by atoms with van der Waals surface area (Å²) in [7, 11) is 0. The monoisotopic (exact) mass is 378 g/mol. The number of β-amino-alcohol motifs (C(OH)–C–C–N with tert-alkyl or cyclic N) is 1. The largest absolute Gasteiger partial charge is 0.444 e. The average molecular weight is 378 g/mol. The van der Waals surface area contributed by atoms with Gasteiger partial charge in [0, 0.05) is 6.54 Å². The van der Waals surface area contributed by atoms with Crippen LogP contribution < -0.4 is 0 Å². The maximum Gasteiger partial charge on any atom is 0.410 e. The number of hydrogen-bond donors (Lipinski definition) is 1. The molecule has 1 N–H and O–H groups in total. The highest BCUT2D eigenvalue weighted by Gasteiger charge is 2.41. The highest BCUT2D eigenvalue weighted by molar-refractivity contribution is 5.70. The molecule has 28 heavy (non-hydrogen) atoms. The Kier molecular flexibility index (Phi) is 4.57. The molecule has 4 aliphatic rings. The van der Waals surface area contributed by atoms with E-state index in [2.05, 4.69) is 4.90 Å². The van der Waals surface area contributed by atoms with Crippen LogP contribution in [0.4, 0.5) is 4.79 Å². The Morgan fingerprint density at radius 1 is 0.929 bits per heavy atom.